The lowest BCUT2D eigenvalue weighted by molar-refractivity contribution is -0.114. The van der Waals surface area contributed by atoms with Gasteiger partial charge >= 0.3 is 0 Å². The van der Waals surface area contributed by atoms with Gasteiger partial charge in [0.25, 0.3) is 0 Å². The molecule has 0 fully saturated rings. The molecule has 16 heavy (non-hydrogen) atoms. The molecule has 1 aliphatic carbocycles. The van der Waals surface area contributed by atoms with Crippen LogP contribution in [0.4, 0.5) is 0 Å². The van der Waals surface area contributed by atoms with Crippen LogP contribution in [0.15, 0.2) is 23.8 Å². The number of Topliss-reactive ketones (excluding diaryl/α,β-unsaturated/α-hetero) is 1. The van der Waals surface area contributed by atoms with Crippen LogP contribution in [0.1, 0.15) is 44.4 Å². The Labute approximate surface area is 97.2 Å². The molecule has 0 saturated carbocycles. The zero-order valence-electron chi connectivity index (χ0n) is 10.6. The Morgan fingerprint density at radius 3 is 2.38 bits per heavy atom. The molecule has 0 spiro atoms. The smallest absolute Gasteiger partial charge is 0.156 e. The number of allylic oxidation sites excluding steroid dienone is 2. The molecule has 1 heteroatoms. The van der Waals surface area contributed by atoms with Crippen molar-refractivity contribution in [3.63, 3.8) is 0 Å². The number of carbonyl (C=O) groups excluding carboxylic acids is 1. The summed E-state index contributed by atoms with van der Waals surface area (Å²) in [7, 11) is 0. The fourth-order valence-corrected chi connectivity index (χ4v) is 2.96. The minimum Gasteiger partial charge on any atom is -0.295 e. The minimum absolute atomic E-state index is 0.140. The molecule has 0 saturated heterocycles. The van der Waals surface area contributed by atoms with Crippen LogP contribution in [0.2, 0.25) is 0 Å². The number of rotatable bonds is 1. The van der Waals surface area contributed by atoms with E-state index < -0.39 is 0 Å². The molecule has 0 radical (unpaired) electrons. The van der Waals surface area contributed by atoms with Crippen LogP contribution in [0, 0.1) is 6.92 Å². The third kappa shape index (κ3) is 1.35. The second-order valence-corrected chi connectivity index (χ2v) is 5.23. The maximum atomic E-state index is 11.8. The van der Waals surface area contributed by atoms with Crippen molar-refractivity contribution in [2.24, 2.45) is 0 Å². The highest BCUT2D eigenvalue weighted by atomic mass is 16.1. The average Bonchev–Trinajstić information content (AvgIpc) is 2.34. The van der Waals surface area contributed by atoms with E-state index in [4.69, 9.17) is 0 Å². The van der Waals surface area contributed by atoms with Crippen molar-refractivity contribution in [3.05, 3.63) is 40.5 Å². The lowest BCUT2D eigenvalue weighted by atomic mass is 9.79. The molecule has 0 atom stereocenters. The highest BCUT2D eigenvalue weighted by Crippen LogP contribution is 2.46. The molecule has 2 rings (SSSR count). The Hall–Kier alpha value is -1.37. The SMILES string of the molecule is CC(=O)C1=C(C)c2cc(C)ccc2C1(C)C. The van der Waals surface area contributed by atoms with E-state index in [1.54, 1.807) is 6.92 Å². The topological polar surface area (TPSA) is 17.1 Å². The van der Waals surface area contributed by atoms with Crippen LogP contribution >= 0.6 is 0 Å². The summed E-state index contributed by atoms with van der Waals surface area (Å²) in [4.78, 5) is 11.8. The monoisotopic (exact) mass is 214 g/mol. The van der Waals surface area contributed by atoms with Gasteiger partial charge in [0, 0.05) is 11.0 Å². The normalized spacial score (nSPS) is 17.6. The summed E-state index contributed by atoms with van der Waals surface area (Å²) in [5.41, 5.74) is 5.75. The molecule has 0 bridgehead atoms. The molecule has 0 N–H and O–H groups in total. The number of hydrogen-bond acceptors (Lipinski definition) is 1. The Morgan fingerprint density at radius 2 is 1.81 bits per heavy atom. The van der Waals surface area contributed by atoms with Crippen LogP contribution < -0.4 is 0 Å². The van der Waals surface area contributed by atoms with Crippen LogP contribution in [0.25, 0.3) is 5.57 Å². The van der Waals surface area contributed by atoms with E-state index in [2.05, 4.69) is 45.9 Å². The first-order chi connectivity index (χ1) is 7.35. The standard InChI is InChI=1S/C15H18O/c1-9-6-7-13-12(8-9)10(2)14(11(3)16)15(13,4)5/h6-8H,1-5H3. The van der Waals surface area contributed by atoms with E-state index >= 15 is 0 Å². The average molecular weight is 214 g/mol. The Bertz CT molecular complexity index is 504. The van der Waals surface area contributed by atoms with E-state index in [0.29, 0.717) is 0 Å². The largest absolute Gasteiger partial charge is 0.295 e. The van der Waals surface area contributed by atoms with E-state index in [9.17, 15) is 4.79 Å². The third-order valence-electron chi connectivity index (χ3n) is 3.60. The number of aryl methyl sites for hydroxylation is 1. The first-order valence-corrected chi connectivity index (χ1v) is 5.69. The summed E-state index contributed by atoms with van der Waals surface area (Å²) in [5.74, 6) is 0.191. The molecule has 1 aromatic rings. The third-order valence-corrected chi connectivity index (χ3v) is 3.60. The second kappa shape index (κ2) is 3.31. The Morgan fingerprint density at radius 1 is 1.19 bits per heavy atom. The summed E-state index contributed by atoms with van der Waals surface area (Å²) >= 11 is 0. The van der Waals surface area contributed by atoms with Gasteiger partial charge in [0.2, 0.25) is 0 Å². The maximum Gasteiger partial charge on any atom is 0.156 e. The first-order valence-electron chi connectivity index (χ1n) is 5.69. The summed E-state index contributed by atoms with van der Waals surface area (Å²) in [6, 6.07) is 6.46. The van der Waals surface area contributed by atoms with E-state index in [1.807, 2.05) is 0 Å². The molecular weight excluding hydrogens is 196 g/mol. The van der Waals surface area contributed by atoms with Gasteiger partial charge in [-0.3, -0.25) is 4.79 Å². The van der Waals surface area contributed by atoms with Gasteiger partial charge in [-0.1, -0.05) is 37.6 Å². The van der Waals surface area contributed by atoms with Crippen molar-refractivity contribution >= 4 is 11.4 Å². The van der Waals surface area contributed by atoms with E-state index in [0.717, 1.165) is 11.1 Å². The molecule has 1 nitrogen and oxygen atoms in total. The lowest BCUT2D eigenvalue weighted by Crippen LogP contribution is -2.21. The van der Waals surface area contributed by atoms with Gasteiger partial charge in [-0.25, -0.2) is 0 Å². The maximum absolute atomic E-state index is 11.8. The van der Waals surface area contributed by atoms with Crippen molar-refractivity contribution in [1.82, 2.24) is 0 Å². The highest BCUT2D eigenvalue weighted by molar-refractivity contribution is 6.06. The second-order valence-electron chi connectivity index (χ2n) is 5.23. The van der Waals surface area contributed by atoms with Crippen molar-refractivity contribution in [1.29, 1.82) is 0 Å². The summed E-state index contributed by atoms with van der Waals surface area (Å²) < 4.78 is 0. The Balaban J connectivity index is 2.75. The first kappa shape index (κ1) is 11.1. The summed E-state index contributed by atoms with van der Waals surface area (Å²) in [5, 5.41) is 0. The van der Waals surface area contributed by atoms with Crippen LogP contribution in [-0.2, 0) is 10.2 Å². The zero-order valence-corrected chi connectivity index (χ0v) is 10.6. The number of benzene rings is 1. The number of fused-ring (bicyclic) bond motifs is 1. The molecule has 0 aromatic heterocycles. The summed E-state index contributed by atoms with van der Waals surface area (Å²) in [6.07, 6.45) is 0. The molecule has 84 valence electrons. The van der Waals surface area contributed by atoms with Gasteiger partial charge < -0.3 is 0 Å². The van der Waals surface area contributed by atoms with Gasteiger partial charge in [-0.05, 0) is 37.5 Å². The van der Waals surface area contributed by atoms with Gasteiger partial charge in [-0.15, -0.1) is 0 Å². The van der Waals surface area contributed by atoms with E-state index in [1.165, 1.54) is 16.7 Å². The molecule has 0 heterocycles. The van der Waals surface area contributed by atoms with Crippen molar-refractivity contribution in [2.45, 2.75) is 40.0 Å². The van der Waals surface area contributed by atoms with Crippen molar-refractivity contribution in [3.8, 4) is 0 Å². The predicted octanol–water partition coefficient (Wildman–Crippen LogP) is 3.65. The highest BCUT2D eigenvalue weighted by Gasteiger charge is 2.37. The van der Waals surface area contributed by atoms with Gasteiger partial charge in [0.1, 0.15) is 0 Å². The van der Waals surface area contributed by atoms with Crippen LogP contribution in [0.3, 0.4) is 0 Å². The molecule has 0 amide bonds. The minimum atomic E-state index is -0.140. The van der Waals surface area contributed by atoms with Gasteiger partial charge in [0.05, 0.1) is 0 Å². The molecule has 0 aliphatic heterocycles. The molecule has 1 aliphatic rings. The van der Waals surface area contributed by atoms with Crippen LogP contribution in [0.5, 0.6) is 0 Å². The fourth-order valence-electron chi connectivity index (χ4n) is 2.96. The Kier molecular flexibility index (Phi) is 2.30. The predicted molar refractivity (Wildman–Crippen MR) is 67.5 cm³/mol. The fraction of sp³-hybridized carbons (Fsp3) is 0.400. The zero-order chi connectivity index (χ0) is 12.1. The van der Waals surface area contributed by atoms with E-state index in [-0.39, 0.29) is 11.2 Å². The quantitative estimate of drug-likeness (QED) is 0.697. The van der Waals surface area contributed by atoms with Crippen molar-refractivity contribution in [2.75, 3.05) is 0 Å². The van der Waals surface area contributed by atoms with Crippen LogP contribution in [-0.4, -0.2) is 5.78 Å². The number of hydrogen-bond donors (Lipinski definition) is 0. The number of ketones is 1. The number of carbonyl (C=O) groups is 1. The molecule has 0 unspecified atom stereocenters. The molecule has 1 aromatic carbocycles. The van der Waals surface area contributed by atoms with Gasteiger partial charge in [0.15, 0.2) is 5.78 Å². The molecular formula is C15H18O. The lowest BCUT2D eigenvalue weighted by Gasteiger charge is -2.23. The van der Waals surface area contributed by atoms with Gasteiger partial charge in [-0.2, -0.15) is 0 Å². The van der Waals surface area contributed by atoms with Crippen molar-refractivity contribution < 1.29 is 4.79 Å². The summed E-state index contributed by atoms with van der Waals surface area (Å²) in [6.45, 7) is 10.1.